The molecule has 19 heavy (non-hydrogen) atoms. The molecule has 1 rings (SSSR count). The quantitative estimate of drug-likeness (QED) is 0.795. The molecule has 1 atom stereocenters. The van der Waals surface area contributed by atoms with Crippen molar-refractivity contribution >= 4 is 11.6 Å². The summed E-state index contributed by atoms with van der Waals surface area (Å²) in [6.45, 7) is 4.84. The molecule has 0 aliphatic rings. The molecule has 0 aliphatic heterocycles. The minimum absolute atomic E-state index is 0.0151. The Morgan fingerprint density at radius 1 is 1.32 bits per heavy atom. The van der Waals surface area contributed by atoms with Gasteiger partial charge in [0.1, 0.15) is 5.75 Å². The number of methoxy groups -OCH3 is 1. The fraction of sp³-hybridized carbons (Fsp3) is 0.533. The average Bonchev–Trinajstić information content (AvgIpc) is 2.38. The largest absolute Gasteiger partial charge is 0.497 e. The van der Waals surface area contributed by atoms with Gasteiger partial charge in [0.15, 0.2) is 0 Å². The van der Waals surface area contributed by atoms with Gasteiger partial charge in [-0.15, -0.1) is 0 Å². The minimum Gasteiger partial charge on any atom is -0.497 e. The highest BCUT2D eigenvalue weighted by molar-refractivity contribution is 5.90. The van der Waals surface area contributed by atoms with Crippen molar-refractivity contribution in [1.82, 2.24) is 0 Å². The van der Waals surface area contributed by atoms with Gasteiger partial charge in [0.25, 0.3) is 0 Å². The van der Waals surface area contributed by atoms with Gasteiger partial charge in [-0.3, -0.25) is 4.79 Å². The van der Waals surface area contributed by atoms with Crippen LogP contribution < -0.4 is 15.8 Å². The van der Waals surface area contributed by atoms with Gasteiger partial charge in [-0.2, -0.15) is 0 Å². The lowest BCUT2D eigenvalue weighted by atomic mass is 9.94. The summed E-state index contributed by atoms with van der Waals surface area (Å²) in [6.07, 6.45) is 1.45. The molecule has 0 radical (unpaired) electrons. The zero-order chi connectivity index (χ0) is 14.3. The first-order valence-electron chi connectivity index (χ1n) is 6.69. The first-order valence-corrected chi connectivity index (χ1v) is 6.69. The van der Waals surface area contributed by atoms with Crippen LogP contribution in [0, 0.1) is 11.8 Å². The molecular weight excluding hydrogens is 240 g/mol. The maximum atomic E-state index is 11.9. The fourth-order valence-electron chi connectivity index (χ4n) is 2.08. The third-order valence-corrected chi connectivity index (χ3v) is 2.99. The molecule has 106 valence electrons. The maximum absolute atomic E-state index is 11.9. The van der Waals surface area contributed by atoms with Crippen molar-refractivity contribution in [2.45, 2.75) is 26.7 Å². The first-order chi connectivity index (χ1) is 9.05. The van der Waals surface area contributed by atoms with E-state index in [0.717, 1.165) is 17.9 Å². The normalized spacial score (nSPS) is 12.3. The fourth-order valence-corrected chi connectivity index (χ4v) is 2.08. The molecule has 0 saturated carbocycles. The second-order valence-corrected chi connectivity index (χ2v) is 5.21. The van der Waals surface area contributed by atoms with Crippen LogP contribution in [0.2, 0.25) is 0 Å². The van der Waals surface area contributed by atoms with Crippen LogP contribution in [0.25, 0.3) is 0 Å². The van der Waals surface area contributed by atoms with Gasteiger partial charge in [0.2, 0.25) is 5.91 Å². The lowest BCUT2D eigenvalue weighted by molar-refractivity contribution is -0.117. The summed E-state index contributed by atoms with van der Waals surface area (Å²) in [5.74, 6) is 1.60. The summed E-state index contributed by atoms with van der Waals surface area (Å²) in [5, 5.41) is 2.88. The molecular formula is C15H24N2O2. The summed E-state index contributed by atoms with van der Waals surface area (Å²) in [5.41, 5.74) is 6.49. The molecule has 0 heterocycles. The summed E-state index contributed by atoms with van der Waals surface area (Å²) in [7, 11) is 1.62. The molecule has 0 aliphatic carbocycles. The van der Waals surface area contributed by atoms with E-state index in [0.29, 0.717) is 18.9 Å². The standard InChI is InChI=1S/C15H24N2O2/c1-11(2)8-12(10-16)9-15(18)17-13-4-6-14(19-3)7-5-13/h4-7,11-12H,8-10,16H2,1-3H3,(H,17,18)/t12-/m0/s1. The summed E-state index contributed by atoms with van der Waals surface area (Å²) >= 11 is 0. The summed E-state index contributed by atoms with van der Waals surface area (Å²) < 4.78 is 5.07. The number of anilines is 1. The van der Waals surface area contributed by atoms with E-state index < -0.39 is 0 Å². The highest BCUT2D eigenvalue weighted by atomic mass is 16.5. The van der Waals surface area contributed by atoms with E-state index in [-0.39, 0.29) is 11.8 Å². The molecule has 0 saturated heterocycles. The van der Waals surface area contributed by atoms with E-state index in [1.807, 2.05) is 24.3 Å². The molecule has 3 N–H and O–H groups in total. The highest BCUT2D eigenvalue weighted by Crippen LogP contribution is 2.18. The van der Waals surface area contributed by atoms with Crippen molar-refractivity contribution in [2.24, 2.45) is 17.6 Å². The molecule has 1 amide bonds. The van der Waals surface area contributed by atoms with Crippen molar-refractivity contribution < 1.29 is 9.53 Å². The van der Waals surface area contributed by atoms with Crippen LogP contribution >= 0.6 is 0 Å². The minimum atomic E-state index is 0.0151. The van der Waals surface area contributed by atoms with Crippen molar-refractivity contribution in [3.8, 4) is 5.75 Å². The van der Waals surface area contributed by atoms with Gasteiger partial charge in [0, 0.05) is 12.1 Å². The molecule has 4 nitrogen and oxygen atoms in total. The van der Waals surface area contributed by atoms with Gasteiger partial charge < -0.3 is 15.8 Å². The molecule has 1 aromatic carbocycles. The SMILES string of the molecule is COc1ccc(NC(=O)C[C@@H](CN)CC(C)C)cc1. The van der Waals surface area contributed by atoms with Gasteiger partial charge in [-0.25, -0.2) is 0 Å². The number of nitrogens with one attached hydrogen (secondary N) is 1. The lowest BCUT2D eigenvalue weighted by Gasteiger charge is -2.16. The van der Waals surface area contributed by atoms with Crippen LogP contribution in [0.15, 0.2) is 24.3 Å². The number of benzene rings is 1. The smallest absolute Gasteiger partial charge is 0.224 e. The summed E-state index contributed by atoms with van der Waals surface area (Å²) in [4.78, 5) is 11.9. The molecule has 0 fully saturated rings. The molecule has 1 aromatic rings. The van der Waals surface area contributed by atoms with Gasteiger partial charge in [-0.1, -0.05) is 13.8 Å². The number of rotatable bonds is 7. The Balaban J connectivity index is 2.49. The molecule has 0 aromatic heterocycles. The van der Waals surface area contributed by atoms with E-state index in [1.165, 1.54) is 0 Å². The Morgan fingerprint density at radius 2 is 1.95 bits per heavy atom. The first kappa shape index (κ1) is 15.5. The molecule has 0 spiro atoms. The van der Waals surface area contributed by atoms with Crippen LogP contribution in [-0.4, -0.2) is 19.6 Å². The summed E-state index contributed by atoms with van der Waals surface area (Å²) in [6, 6.07) is 7.31. The van der Waals surface area contributed by atoms with Gasteiger partial charge >= 0.3 is 0 Å². The zero-order valence-electron chi connectivity index (χ0n) is 12.0. The second kappa shape index (κ2) is 7.79. The number of ether oxygens (including phenoxy) is 1. The van der Waals surface area contributed by atoms with E-state index in [4.69, 9.17) is 10.5 Å². The Kier molecular flexibility index (Phi) is 6.36. The van der Waals surface area contributed by atoms with Crippen LogP contribution in [0.4, 0.5) is 5.69 Å². The molecule has 0 unspecified atom stereocenters. The Labute approximate surface area is 115 Å². The monoisotopic (exact) mass is 264 g/mol. The zero-order valence-corrected chi connectivity index (χ0v) is 12.0. The van der Waals surface area contributed by atoms with Crippen LogP contribution in [0.3, 0.4) is 0 Å². The van der Waals surface area contributed by atoms with Crippen molar-refractivity contribution in [3.63, 3.8) is 0 Å². The third-order valence-electron chi connectivity index (χ3n) is 2.99. The van der Waals surface area contributed by atoms with Crippen LogP contribution in [-0.2, 0) is 4.79 Å². The number of hydrogen-bond acceptors (Lipinski definition) is 3. The number of carbonyl (C=O) groups excluding carboxylic acids is 1. The average molecular weight is 264 g/mol. The lowest BCUT2D eigenvalue weighted by Crippen LogP contribution is -2.23. The van der Waals surface area contributed by atoms with Crippen molar-refractivity contribution in [2.75, 3.05) is 19.0 Å². The molecule has 0 bridgehead atoms. The van der Waals surface area contributed by atoms with E-state index in [9.17, 15) is 4.79 Å². The second-order valence-electron chi connectivity index (χ2n) is 5.21. The van der Waals surface area contributed by atoms with Crippen molar-refractivity contribution in [1.29, 1.82) is 0 Å². The third kappa shape index (κ3) is 5.75. The van der Waals surface area contributed by atoms with Crippen molar-refractivity contribution in [3.05, 3.63) is 24.3 Å². The highest BCUT2D eigenvalue weighted by Gasteiger charge is 2.14. The van der Waals surface area contributed by atoms with Gasteiger partial charge in [0.05, 0.1) is 7.11 Å². The maximum Gasteiger partial charge on any atom is 0.224 e. The predicted octanol–water partition coefficient (Wildman–Crippen LogP) is 2.64. The number of nitrogens with two attached hydrogens (primary N) is 1. The number of amides is 1. The van der Waals surface area contributed by atoms with E-state index in [2.05, 4.69) is 19.2 Å². The van der Waals surface area contributed by atoms with Crippen LogP contribution in [0.1, 0.15) is 26.7 Å². The van der Waals surface area contributed by atoms with Gasteiger partial charge in [-0.05, 0) is 49.1 Å². The topological polar surface area (TPSA) is 64.3 Å². The van der Waals surface area contributed by atoms with E-state index >= 15 is 0 Å². The Morgan fingerprint density at radius 3 is 2.42 bits per heavy atom. The predicted molar refractivity (Wildman–Crippen MR) is 78.2 cm³/mol. The Bertz CT molecular complexity index is 388. The van der Waals surface area contributed by atoms with E-state index in [1.54, 1.807) is 7.11 Å². The number of carbonyl (C=O) groups is 1. The molecule has 4 heteroatoms. The number of hydrogen-bond donors (Lipinski definition) is 2. The van der Waals surface area contributed by atoms with Crippen LogP contribution in [0.5, 0.6) is 5.75 Å². The Hall–Kier alpha value is -1.55.